The molecule has 0 amide bonds. The van der Waals surface area contributed by atoms with Gasteiger partial charge in [-0.25, -0.2) is 0 Å². The molecule has 1 aliphatic rings. The first kappa shape index (κ1) is 16.1. The van der Waals surface area contributed by atoms with Gasteiger partial charge >= 0.3 is 0 Å². The molecule has 2 heterocycles. The number of aromatic nitrogens is 2. The van der Waals surface area contributed by atoms with E-state index in [1.54, 1.807) is 6.08 Å². The maximum absolute atomic E-state index is 12.3. The molecule has 0 saturated carbocycles. The molecule has 1 aromatic heterocycles. The Bertz CT molecular complexity index is 1020. The van der Waals surface area contributed by atoms with Gasteiger partial charge in [0.15, 0.2) is 4.77 Å². The number of hydrogen-bond acceptors (Lipinski definition) is 4. The molecular formula is C18H17N3O2S. The first-order chi connectivity index (χ1) is 11.4. The van der Waals surface area contributed by atoms with Crippen molar-refractivity contribution < 1.29 is 5.11 Å². The van der Waals surface area contributed by atoms with E-state index < -0.39 is 5.56 Å². The van der Waals surface area contributed by atoms with Crippen LogP contribution in [0.5, 0.6) is 5.88 Å². The topological polar surface area (TPSA) is 70.4 Å². The second-order valence-corrected chi connectivity index (χ2v) is 6.14. The number of H-pyrrole nitrogens is 1. The maximum Gasteiger partial charge on any atom is 0.262 e. The van der Waals surface area contributed by atoms with E-state index in [9.17, 15) is 9.90 Å². The van der Waals surface area contributed by atoms with Crippen molar-refractivity contribution in [3.63, 3.8) is 0 Å². The number of aryl methyl sites for hydroxylation is 1. The molecule has 1 aliphatic heterocycles. The predicted molar refractivity (Wildman–Crippen MR) is 98.5 cm³/mol. The average molecular weight is 339 g/mol. The van der Waals surface area contributed by atoms with E-state index in [-0.39, 0.29) is 16.2 Å². The van der Waals surface area contributed by atoms with Crippen LogP contribution in [-0.4, -0.2) is 20.4 Å². The lowest BCUT2D eigenvalue weighted by Crippen LogP contribution is -2.16. The molecule has 0 spiro atoms. The van der Waals surface area contributed by atoms with Crippen molar-refractivity contribution in [3.8, 4) is 11.6 Å². The Kier molecular flexibility index (Phi) is 4.07. The van der Waals surface area contributed by atoms with Crippen LogP contribution in [0.2, 0.25) is 0 Å². The van der Waals surface area contributed by atoms with Gasteiger partial charge in [0.25, 0.3) is 5.56 Å². The molecule has 0 aliphatic carbocycles. The molecule has 2 N–H and O–H groups in total. The lowest BCUT2D eigenvalue weighted by atomic mass is 10.1. The summed E-state index contributed by atoms with van der Waals surface area (Å²) in [6, 6.07) is 7.51. The summed E-state index contributed by atoms with van der Waals surface area (Å²) < 4.78 is 1.59. The van der Waals surface area contributed by atoms with Gasteiger partial charge in [0.05, 0.1) is 5.69 Å². The normalized spacial score (nSPS) is 15.5. The minimum atomic E-state index is -0.431. The molecule has 1 aromatic carbocycles. The molecule has 2 aromatic rings. The number of allylic oxidation sites excluding steroid dienone is 3. The van der Waals surface area contributed by atoms with Crippen molar-refractivity contribution in [2.24, 2.45) is 4.99 Å². The third-order valence-electron chi connectivity index (χ3n) is 3.84. The third-order valence-corrected chi connectivity index (χ3v) is 4.12. The Labute approximate surface area is 144 Å². The van der Waals surface area contributed by atoms with Gasteiger partial charge in [0.1, 0.15) is 5.56 Å². The highest BCUT2D eigenvalue weighted by molar-refractivity contribution is 7.71. The van der Waals surface area contributed by atoms with E-state index in [1.165, 1.54) is 4.57 Å². The minimum Gasteiger partial charge on any atom is -0.494 e. The summed E-state index contributed by atoms with van der Waals surface area (Å²) >= 11 is 5.22. The predicted octanol–water partition coefficient (Wildman–Crippen LogP) is 3.67. The molecule has 3 rings (SSSR count). The van der Waals surface area contributed by atoms with Crippen molar-refractivity contribution in [1.82, 2.24) is 9.55 Å². The van der Waals surface area contributed by atoms with Crippen LogP contribution < -0.4 is 5.56 Å². The first-order valence-corrected chi connectivity index (χ1v) is 7.88. The van der Waals surface area contributed by atoms with E-state index in [2.05, 4.69) is 9.98 Å². The van der Waals surface area contributed by atoms with Crippen LogP contribution in [0.1, 0.15) is 25.0 Å². The van der Waals surface area contributed by atoms with Gasteiger partial charge in [-0.15, -0.1) is 0 Å². The zero-order chi connectivity index (χ0) is 17.4. The fourth-order valence-electron chi connectivity index (χ4n) is 2.59. The molecule has 122 valence electrons. The fraction of sp³-hybridized carbons (Fsp3) is 0.167. The number of nitrogens with one attached hydrogen (secondary N) is 1. The average Bonchev–Trinajstić information content (AvgIpc) is 2.83. The Hall–Kier alpha value is -2.73. The van der Waals surface area contributed by atoms with Gasteiger partial charge < -0.3 is 5.11 Å². The van der Waals surface area contributed by atoms with E-state index >= 15 is 0 Å². The summed E-state index contributed by atoms with van der Waals surface area (Å²) in [4.78, 5) is 19.2. The van der Waals surface area contributed by atoms with Gasteiger partial charge in [0.2, 0.25) is 5.88 Å². The SMILES string of the molecule is CC1=C/C(=C/c2c(O)n(-c3ccc(C)cc3)c(=S)[nH]c2=O)C(C)=N1. The molecule has 0 fully saturated rings. The zero-order valence-electron chi connectivity index (χ0n) is 13.6. The van der Waals surface area contributed by atoms with Gasteiger partial charge in [-0.2, -0.15) is 0 Å². The monoisotopic (exact) mass is 339 g/mol. The Balaban J connectivity index is 2.23. The minimum absolute atomic E-state index is 0.145. The molecule has 0 radical (unpaired) electrons. The zero-order valence-corrected chi connectivity index (χ0v) is 14.4. The Morgan fingerprint density at radius 2 is 1.88 bits per heavy atom. The third kappa shape index (κ3) is 2.88. The van der Waals surface area contributed by atoms with Crippen molar-refractivity contribution in [3.05, 3.63) is 67.9 Å². The second kappa shape index (κ2) is 6.05. The van der Waals surface area contributed by atoms with Crippen molar-refractivity contribution >= 4 is 24.0 Å². The van der Waals surface area contributed by atoms with E-state index in [0.29, 0.717) is 5.69 Å². The summed E-state index contributed by atoms with van der Waals surface area (Å²) in [5, 5.41) is 10.7. The van der Waals surface area contributed by atoms with Crippen LogP contribution in [0, 0.1) is 11.7 Å². The smallest absolute Gasteiger partial charge is 0.262 e. The maximum atomic E-state index is 12.3. The van der Waals surface area contributed by atoms with Crippen LogP contribution in [0.15, 0.2) is 51.4 Å². The summed E-state index contributed by atoms with van der Waals surface area (Å²) in [6.07, 6.45) is 3.50. The highest BCUT2D eigenvalue weighted by Gasteiger charge is 2.15. The quantitative estimate of drug-likeness (QED) is 0.820. The lowest BCUT2D eigenvalue weighted by Gasteiger charge is -2.12. The Morgan fingerprint density at radius 1 is 1.21 bits per heavy atom. The summed E-state index contributed by atoms with van der Waals surface area (Å²) in [6.45, 7) is 5.72. The number of aromatic hydroxyl groups is 1. The molecule has 0 bridgehead atoms. The van der Waals surface area contributed by atoms with Crippen LogP contribution in [0.3, 0.4) is 0 Å². The number of rotatable bonds is 2. The highest BCUT2D eigenvalue weighted by atomic mass is 32.1. The standard InChI is InChI=1S/C18H17N3O2S/c1-10-4-6-14(7-5-10)21-17(23)15(16(22)20-18(21)24)9-13-8-11(2)19-12(13)3/h4-9,23H,1-3H3,(H,20,22,24)/b13-9-. The van der Waals surface area contributed by atoms with Crippen LogP contribution in [0.25, 0.3) is 11.8 Å². The molecule has 5 nitrogen and oxygen atoms in total. The second-order valence-electron chi connectivity index (χ2n) is 5.75. The number of hydrogen-bond donors (Lipinski definition) is 2. The van der Waals surface area contributed by atoms with E-state index in [0.717, 1.165) is 22.5 Å². The van der Waals surface area contributed by atoms with Crippen LogP contribution in [0.4, 0.5) is 0 Å². The summed E-state index contributed by atoms with van der Waals surface area (Å²) in [5.41, 5.74) is 3.95. The van der Waals surface area contributed by atoms with Gasteiger partial charge in [-0.1, -0.05) is 17.7 Å². The number of aromatic amines is 1. The molecule has 6 heteroatoms. The highest BCUT2D eigenvalue weighted by Crippen LogP contribution is 2.24. The lowest BCUT2D eigenvalue weighted by molar-refractivity contribution is 0.432. The number of nitrogens with zero attached hydrogens (tertiary/aromatic N) is 2. The van der Waals surface area contributed by atoms with Gasteiger partial charge in [-0.05, 0) is 62.8 Å². The van der Waals surface area contributed by atoms with E-state index in [4.69, 9.17) is 12.2 Å². The van der Waals surface area contributed by atoms with Crippen molar-refractivity contribution in [2.75, 3.05) is 0 Å². The van der Waals surface area contributed by atoms with Crippen LogP contribution in [-0.2, 0) is 0 Å². The summed E-state index contributed by atoms with van der Waals surface area (Å²) in [7, 11) is 0. The Morgan fingerprint density at radius 3 is 2.46 bits per heavy atom. The first-order valence-electron chi connectivity index (χ1n) is 7.48. The largest absolute Gasteiger partial charge is 0.494 e. The van der Waals surface area contributed by atoms with Crippen molar-refractivity contribution in [1.29, 1.82) is 0 Å². The van der Waals surface area contributed by atoms with E-state index in [1.807, 2.05) is 51.1 Å². The molecule has 0 atom stereocenters. The summed E-state index contributed by atoms with van der Waals surface area (Å²) in [5.74, 6) is -0.189. The van der Waals surface area contributed by atoms with Gasteiger partial charge in [0, 0.05) is 11.4 Å². The number of benzene rings is 1. The van der Waals surface area contributed by atoms with Crippen molar-refractivity contribution in [2.45, 2.75) is 20.8 Å². The molecule has 0 unspecified atom stereocenters. The fourth-order valence-corrected chi connectivity index (χ4v) is 2.88. The molecule has 24 heavy (non-hydrogen) atoms. The molecular weight excluding hydrogens is 322 g/mol. The van der Waals surface area contributed by atoms with Crippen LogP contribution >= 0.6 is 12.2 Å². The van der Waals surface area contributed by atoms with Gasteiger partial charge in [-0.3, -0.25) is 19.3 Å². The number of aliphatic imine (C=N–C) groups is 1. The molecule has 0 saturated heterocycles.